The van der Waals surface area contributed by atoms with E-state index in [0.717, 1.165) is 36.5 Å². The average Bonchev–Trinajstić information content (AvgIpc) is 3.83. The molecular formula is C70H106O25. The zero-order valence-electron chi connectivity index (χ0n) is 56.0. The molecule has 0 amide bonds. The summed E-state index contributed by atoms with van der Waals surface area (Å²) in [6, 6.07) is 0. The van der Waals surface area contributed by atoms with Crippen molar-refractivity contribution in [2.75, 3.05) is 92.5 Å². The number of unbranched alkanes of at least 4 members (excludes halogenated alkanes) is 18. The van der Waals surface area contributed by atoms with Crippen LogP contribution in [0.25, 0.3) is 0 Å². The lowest BCUT2D eigenvalue weighted by Gasteiger charge is -2.35. The van der Waals surface area contributed by atoms with Crippen molar-refractivity contribution < 1.29 is 119 Å². The molecule has 0 heterocycles. The van der Waals surface area contributed by atoms with Crippen LogP contribution in [0.1, 0.15) is 193 Å². The number of rotatable bonds is 64. The lowest BCUT2D eigenvalue weighted by Crippen LogP contribution is -2.47. The van der Waals surface area contributed by atoms with Gasteiger partial charge >= 0.3 is 71.6 Å². The smallest absolute Gasteiger partial charge is 0.330 e. The third-order valence-electron chi connectivity index (χ3n) is 14.2. The summed E-state index contributed by atoms with van der Waals surface area (Å²) in [6.45, 7) is 17.2. The van der Waals surface area contributed by atoms with Crippen molar-refractivity contribution in [3.8, 4) is 0 Å². The monoisotopic (exact) mass is 1350 g/mol. The van der Waals surface area contributed by atoms with Crippen LogP contribution in [-0.4, -0.2) is 164 Å². The van der Waals surface area contributed by atoms with Crippen LogP contribution in [0.15, 0.2) is 75.9 Å². The SMILES string of the molecule is C=CC(=O)OCCCCCCC(=O)OCC(COCC(COC(=O)CCCCCCOC(=O)C=C)(COC(=O)CCCCCCOC(=O)C=C)COC(=O)CCCCCCOC(=O)C=C)(COC(=O)CCCCCCOC(=O)C=C)COC(=O)CCCCCCOC(=O)C=C. The van der Waals surface area contributed by atoms with Crippen LogP contribution in [0.3, 0.4) is 0 Å². The van der Waals surface area contributed by atoms with Crippen molar-refractivity contribution in [1.82, 2.24) is 0 Å². The Morgan fingerprint density at radius 2 is 0.347 bits per heavy atom. The fourth-order valence-corrected chi connectivity index (χ4v) is 8.56. The molecule has 0 N–H and O–H groups in total. The molecule has 0 unspecified atom stereocenters. The summed E-state index contributed by atoms with van der Waals surface area (Å²) in [5, 5.41) is 0. The lowest BCUT2D eigenvalue weighted by molar-refractivity contribution is -0.175. The highest BCUT2D eigenvalue weighted by Gasteiger charge is 2.41. The van der Waals surface area contributed by atoms with Gasteiger partial charge in [-0.3, -0.25) is 28.8 Å². The summed E-state index contributed by atoms with van der Waals surface area (Å²) in [6.07, 6.45) is 18.8. The number of carbonyl (C=O) groups excluding carboxylic acids is 12. The first kappa shape index (κ1) is 87.0. The molecule has 0 aromatic heterocycles. The molecule has 0 aliphatic heterocycles. The van der Waals surface area contributed by atoms with Gasteiger partial charge < -0.3 is 61.6 Å². The second kappa shape index (κ2) is 58.6. The minimum atomic E-state index is -1.63. The van der Waals surface area contributed by atoms with Gasteiger partial charge in [-0.05, 0) is 77.0 Å². The van der Waals surface area contributed by atoms with Crippen molar-refractivity contribution in [2.45, 2.75) is 193 Å². The third kappa shape index (κ3) is 52.1. The first-order valence-corrected chi connectivity index (χ1v) is 33.1. The first-order valence-electron chi connectivity index (χ1n) is 33.1. The average molecular weight is 1350 g/mol. The molecule has 0 rings (SSSR count). The van der Waals surface area contributed by atoms with Crippen LogP contribution >= 0.6 is 0 Å². The van der Waals surface area contributed by atoms with E-state index < -0.39 is 135 Å². The number of carbonyl (C=O) groups is 12. The topological polar surface area (TPSA) is 325 Å². The number of hydrogen-bond donors (Lipinski definition) is 0. The molecule has 0 fully saturated rings. The van der Waals surface area contributed by atoms with Crippen molar-refractivity contribution in [1.29, 1.82) is 0 Å². The summed E-state index contributed by atoms with van der Waals surface area (Å²) in [5.41, 5.74) is -3.26. The Morgan fingerprint density at radius 1 is 0.200 bits per heavy atom. The fraction of sp³-hybridized carbons (Fsp3) is 0.657. The van der Waals surface area contributed by atoms with Crippen LogP contribution in [0.4, 0.5) is 0 Å². The van der Waals surface area contributed by atoms with Crippen LogP contribution in [0, 0.1) is 10.8 Å². The summed E-state index contributed by atoms with van der Waals surface area (Å²) in [5.74, 6) is -7.19. The van der Waals surface area contributed by atoms with E-state index in [1.54, 1.807) is 0 Å². The predicted octanol–water partition coefficient (Wildman–Crippen LogP) is 10.3. The molecule has 0 aliphatic rings. The Bertz CT molecular complexity index is 1940. The number of ether oxygens (including phenoxy) is 13. The molecule has 95 heavy (non-hydrogen) atoms. The van der Waals surface area contributed by atoms with Gasteiger partial charge in [-0.25, -0.2) is 28.8 Å². The van der Waals surface area contributed by atoms with E-state index in [9.17, 15) is 57.5 Å². The van der Waals surface area contributed by atoms with Gasteiger partial charge in [0.1, 0.15) is 39.6 Å². The lowest BCUT2D eigenvalue weighted by atomic mass is 9.90. The molecule has 25 heteroatoms. The maximum atomic E-state index is 13.6. The maximum absolute atomic E-state index is 13.6. The van der Waals surface area contributed by atoms with E-state index in [0.29, 0.717) is 154 Å². The van der Waals surface area contributed by atoms with Gasteiger partial charge in [0.2, 0.25) is 0 Å². The van der Waals surface area contributed by atoms with Gasteiger partial charge in [-0.15, -0.1) is 0 Å². The van der Waals surface area contributed by atoms with Crippen LogP contribution in [0.5, 0.6) is 0 Å². The van der Waals surface area contributed by atoms with E-state index in [2.05, 4.69) is 39.5 Å². The van der Waals surface area contributed by atoms with Gasteiger partial charge in [-0.1, -0.05) is 117 Å². The number of hydrogen-bond acceptors (Lipinski definition) is 25. The van der Waals surface area contributed by atoms with Crippen LogP contribution < -0.4 is 0 Å². The second-order valence-electron chi connectivity index (χ2n) is 22.7. The summed E-state index contributed by atoms with van der Waals surface area (Å²) in [7, 11) is 0. The zero-order valence-corrected chi connectivity index (χ0v) is 56.0. The van der Waals surface area contributed by atoms with Crippen molar-refractivity contribution in [3.05, 3.63) is 75.9 Å². The Hall–Kier alpha value is -7.96. The number of esters is 12. The van der Waals surface area contributed by atoms with Gasteiger partial charge in [0.25, 0.3) is 0 Å². The Morgan fingerprint density at radius 3 is 0.495 bits per heavy atom. The van der Waals surface area contributed by atoms with Crippen molar-refractivity contribution in [2.24, 2.45) is 10.8 Å². The molecule has 0 atom stereocenters. The molecular weight excluding hydrogens is 1240 g/mol. The molecule has 0 radical (unpaired) electrons. The Balaban J connectivity index is 7.27. The molecule has 0 bridgehead atoms. The first-order chi connectivity index (χ1) is 45.8. The quantitative estimate of drug-likeness (QED) is 0.0236. The summed E-state index contributed by atoms with van der Waals surface area (Å²) in [4.78, 5) is 150. The molecule has 0 saturated carbocycles. The maximum Gasteiger partial charge on any atom is 0.330 e. The van der Waals surface area contributed by atoms with Crippen LogP contribution in [-0.2, 0) is 119 Å². The standard InChI is InChI=1S/C70H106O25/c1-7-57(71)84-43-31-19-13-25-37-63(77)90-51-69(52-91-64(78)38-26-14-20-32-44-85-58(72)8-2,53-92-65(79)39-27-15-21-33-45-86-59(73)9-3)49-83-50-70(54-93-66(80)40-28-16-22-34-46-87-60(74)10-4,55-94-67(81)41-29-17-23-35-47-88-61(75)11-5)56-95-68(82)42-30-18-24-36-48-89-62(76)12-6/h7-12H,1-6,13-56H2. The fourth-order valence-electron chi connectivity index (χ4n) is 8.56. The van der Waals surface area contributed by atoms with E-state index in [1.165, 1.54) is 0 Å². The van der Waals surface area contributed by atoms with Crippen LogP contribution in [0.2, 0.25) is 0 Å². The minimum absolute atomic E-state index is 0.0464. The summed E-state index contributed by atoms with van der Waals surface area (Å²) < 4.78 is 72.1. The third-order valence-corrected chi connectivity index (χ3v) is 14.2. The highest BCUT2D eigenvalue weighted by molar-refractivity contribution is 5.83. The predicted molar refractivity (Wildman–Crippen MR) is 347 cm³/mol. The van der Waals surface area contributed by atoms with E-state index in [1.807, 2.05) is 0 Å². The molecule has 0 aromatic carbocycles. The Labute approximate surface area is 560 Å². The van der Waals surface area contributed by atoms with E-state index >= 15 is 0 Å². The van der Waals surface area contributed by atoms with Gasteiger partial charge in [0.15, 0.2) is 0 Å². The second-order valence-corrected chi connectivity index (χ2v) is 22.7. The van der Waals surface area contributed by atoms with Crippen molar-refractivity contribution >= 4 is 71.6 Å². The molecule has 0 spiro atoms. The van der Waals surface area contributed by atoms with Gasteiger partial charge in [0, 0.05) is 75.0 Å². The van der Waals surface area contributed by atoms with E-state index in [-0.39, 0.29) is 78.2 Å². The van der Waals surface area contributed by atoms with Gasteiger partial charge in [-0.2, -0.15) is 0 Å². The molecule has 0 aromatic rings. The van der Waals surface area contributed by atoms with Crippen molar-refractivity contribution in [3.63, 3.8) is 0 Å². The molecule has 0 aliphatic carbocycles. The zero-order chi connectivity index (χ0) is 70.5. The Kier molecular flexibility index (Phi) is 53.7. The minimum Gasteiger partial charge on any atom is -0.465 e. The molecule has 536 valence electrons. The highest BCUT2D eigenvalue weighted by Crippen LogP contribution is 2.28. The van der Waals surface area contributed by atoms with Gasteiger partial charge in [0.05, 0.1) is 63.7 Å². The normalized spacial score (nSPS) is 10.9. The summed E-state index contributed by atoms with van der Waals surface area (Å²) >= 11 is 0. The largest absolute Gasteiger partial charge is 0.465 e. The molecule has 0 saturated heterocycles. The molecule has 25 nitrogen and oxygen atoms in total. The van der Waals surface area contributed by atoms with E-state index in [4.69, 9.17) is 61.6 Å². The highest BCUT2D eigenvalue weighted by atomic mass is 16.6.